The molecule has 0 saturated carbocycles. The number of fused-ring (bicyclic) bond motifs is 1. The number of halogens is 4. The second kappa shape index (κ2) is 9.67. The van der Waals surface area contributed by atoms with Crippen molar-refractivity contribution < 1.29 is 37.5 Å². The summed E-state index contributed by atoms with van der Waals surface area (Å²) >= 11 is 5.83. The first-order valence-corrected chi connectivity index (χ1v) is 10.2. The van der Waals surface area contributed by atoms with Gasteiger partial charge in [0.1, 0.15) is 6.04 Å². The predicted molar refractivity (Wildman–Crippen MR) is 112 cm³/mol. The van der Waals surface area contributed by atoms with Crippen molar-refractivity contribution >= 4 is 35.3 Å². The van der Waals surface area contributed by atoms with Crippen LogP contribution < -0.4 is 11.1 Å². The predicted octanol–water partition coefficient (Wildman–Crippen LogP) is 2.44. The van der Waals surface area contributed by atoms with Gasteiger partial charge < -0.3 is 21.1 Å². The zero-order chi connectivity index (χ0) is 25.2. The van der Waals surface area contributed by atoms with Gasteiger partial charge in [0.15, 0.2) is 6.04 Å². The monoisotopic (exact) mass is 498 g/mol. The van der Waals surface area contributed by atoms with Crippen molar-refractivity contribution in [1.82, 2.24) is 15.2 Å². The van der Waals surface area contributed by atoms with E-state index in [2.05, 4.69) is 4.98 Å². The van der Waals surface area contributed by atoms with Crippen molar-refractivity contribution in [3.8, 4) is 0 Å². The molecule has 2 atom stereocenters. The molecule has 2 unspecified atom stereocenters. The van der Waals surface area contributed by atoms with Crippen LogP contribution in [0.15, 0.2) is 36.5 Å². The number of nitrogens with two attached hydrogens (primary N) is 1. The Morgan fingerprint density at radius 3 is 2.56 bits per heavy atom. The normalized spacial score (nSPS) is 14.9. The number of pyridine rings is 1. The smallest absolute Gasteiger partial charge is 0.414 e. The molecule has 1 aromatic carbocycles. The number of benzene rings is 1. The van der Waals surface area contributed by atoms with E-state index < -0.39 is 54.1 Å². The highest BCUT2D eigenvalue weighted by molar-refractivity contribution is 6.31. The van der Waals surface area contributed by atoms with E-state index in [0.29, 0.717) is 0 Å². The van der Waals surface area contributed by atoms with Gasteiger partial charge in [-0.15, -0.1) is 0 Å². The number of alkyl halides is 3. The molecule has 0 spiro atoms. The minimum atomic E-state index is -4.89. The summed E-state index contributed by atoms with van der Waals surface area (Å²) in [6.07, 6.45) is -4.40. The van der Waals surface area contributed by atoms with Crippen molar-refractivity contribution in [3.63, 3.8) is 0 Å². The van der Waals surface area contributed by atoms with E-state index in [9.17, 15) is 32.3 Å². The van der Waals surface area contributed by atoms with Gasteiger partial charge in [-0.25, -0.2) is 0 Å². The lowest BCUT2D eigenvalue weighted by molar-refractivity contribution is -0.156. The van der Waals surface area contributed by atoms with Crippen LogP contribution >= 0.6 is 11.6 Å². The van der Waals surface area contributed by atoms with Gasteiger partial charge in [-0.3, -0.25) is 24.2 Å². The first-order valence-electron chi connectivity index (χ1n) is 9.83. The lowest BCUT2D eigenvalue weighted by Crippen LogP contribution is -2.45. The third-order valence-electron chi connectivity index (χ3n) is 5.20. The van der Waals surface area contributed by atoms with Crippen molar-refractivity contribution in [1.29, 1.82) is 0 Å². The van der Waals surface area contributed by atoms with Crippen LogP contribution in [0.2, 0.25) is 5.02 Å². The number of carbonyl (C=O) groups is 4. The maximum atomic E-state index is 13.6. The molecule has 3 rings (SSSR count). The summed E-state index contributed by atoms with van der Waals surface area (Å²) in [6.45, 7) is -0.169. The molecule has 0 bridgehead atoms. The average molecular weight is 499 g/mol. The Kier molecular flexibility index (Phi) is 7.10. The lowest BCUT2D eigenvalue weighted by Gasteiger charge is -2.24. The molecule has 0 saturated heterocycles. The number of hydrogen-bond donors (Lipinski definition) is 3. The molecule has 1 aliphatic heterocycles. The molecule has 0 fully saturated rings. The fraction of sp³-hybridized carbons (Fsp3) is 0.286. The zero-order valence-corrected chi connectivity index (χ0v) is 18.1. The van der Waals surface area contributed by atoms with Gasteiger partial charge in [0.05, 0.1) is 10.7 Å². The summed E-state index contributed by atoms with van der Waals surface area (Å²) in [4.78, 5) is 52.7. The van der Waals surface area contributed by atoms with E-state index in [1.165, 1.54) is 30.3 Å². The quantitative estimate of drug-likeness (QED) is 0.510. The summed E-state index contributed by atoms with van der Waals surface area (Å²) in [6, 6.07) is 2.53. The molecular weight excluding hydrogens is 481 g/mol. The molecular formula is C21H18ClF3N4O5. The fourth-order valence-corrected chi connectivity index (χ4v) is 3.81. The lowest BCUT2D eigenvalue weighted by atomic mass is 10.0. The Hall–Kier alpha value is -3.67. The largest absolute Gasteiger partial charge is 0.481 e. The van der Waals surface area contributed by atoms with Crippen LogP contribution in [0.25, 0.3) is 0 Å². The molecule has 2 aromatic rings. The Balaban J connectivity index is 1.84. The number of rotatable bonds is 8. The second-order valence-electron chi connectivity index (χ2n) is 7.47. The van der Waals surface area contributed by atoms with Crippen molar-refractivity contribution in [3.05, 3.63) is 63.9 Å². The third kappa shape index (κ3) is 5.28. The van der Waals surface area contributed by atoms with Crippen molar-refractivity contribution in [2.24, 2.45) is 5.73 Å². The topological polar surface area (TPSA) is 143 Å². The van der Waals surface area contributed by atoms with E-state index in [4.69, 9.17) is 22.4 Å². The Labute approximate surface area is 195 Å². The van der Waals surface area contributed by atoms with E-state index in [1.54, 1.807) is 0 Å². The summed E-state index contributed by atoms with van der Waals surface area (Å²) in [7, 11) is 0. The van der Waals surface area contributed by atoms with E-state index >= 15 is 0 Å². The number of nitrogens with one attached hydrogen (secondary N) is 1. The molecule has 1 aromatic heterocycles. The van der Waals surface area contributed by atoms with Crippen LogP contribution in [0.3, 0.4) is 0 Å². The summed E-state index contributed by atoms with van der Waals surface area (Å²) in [5.41, 5.74) is 4.98. The van der Waals surface area contributed by atoms with Gasteiger partial charge >= 0.3 is 12.1 Å². The molecule has 3 amide bonds. The maximum absolute atomic E-state index is 13.6. The number of carbonyl (C=O) groups excluding carboxylic acids is 3. The summed E-state index contributed by atoms with van der Waals surface area (Å²) in [5.74, 6) is -3.78. The van der Waals surface area contributed by atoms with E-state index in [0.717, 1.165) is 11.1 Å². The van der Waals surface area contributed by atoms with Crippen LogP contribution in [-0.4, -0.2) is 50.9 Å². The van der Waals surface area contributed by atoms with Crippen molar-refractivity contribution in [2.45, 2.75) is 37.6 Å². The van der Waals surface area contributed by atoms with Crippen molar-refractivity contribution in [2.75, 3.05) is 0 Å². The summed E-state index contributed by atoms with van der Waals surface area (Å²) in [5, 5.41) is 10.5. The SMILES string of the molecule is NC(=O)C(CCC(=O)O)N1Cc2cc(C(=O)NC(c3ncccc3Cl)C(F)(F)F)ccc2C1=O. The zero-order valence-electron chi connectivity index (χ0n) is 17.3. The number of hydrogen-bond acceptors (Lipinski definition) is 5. The van der Waals surface area contributed by atoms with Gasteiger partial charge in [0, 0.05) is 30.3 Å². The maximum Gasteiger partial charge on any atom is 0.414 e. The molecule has 9 nitrogen and oxygen atoms in total. The average Bonchev–Trinajstić information content (AvgIpc) is 3.07. The highest BCUT2D eigenvalue weighted by Crippen LogP contribution is 2.35. The Morgan fingerprint density at radius 1 is 1.26 bits per heavy atom. The number of carboxylic acid groups (broad SMARTS) is 1. The van der Waals surface area contributed by atoms with Crippen LogP contribution in [0.4, 0.5) is 13.2 Å². The first kappa shape index (κ1) is 25.0. The molecule has 1 aliphatic rings. The molecule has 0 radical (unpaired) electrons. The van der Waals surface area contributed by atoms with Gasteiger partial charge in [0.2, 0.25) is 5.91 Å². The first-order chi connectivity index (χ1) is 15.9. The standard InChI is InChI=1S/C21H18ClF3N4O5/c22-13-2-1-7-27-16(13)17(21(23,24)25)28-19(33)10-3-4-12-11(8-10)9-29(20(12)34)14(18(26)32)5-6-15(30)31/h1-4,7-8,14,17H,5-6,9H2,(H2,26,32)(H,28,33)(H,30,31). The molecule has 34 heavy (non-hydrogen) atoms. The number of aliphatic carboxylic acids is 1. The molecule has 4 N–H and O–H groups in total. The molecule has 180 valence electrons. The van der Waals surface area contributed by atoms with Crippen LogP contribution in [-0.2, 0) is 16.1 Å². The number of carboxylic acids is 1. The van der Waals surface area contributed by atoms with Crippen LogP contribution in [0.5, 0.6) is 0 Å². The van der Waals surface area contributed by atoms with Gasteiger partial charge in [0.25, 0.3) is 11.8 Å². The minimum Gasteiger partial charge on any atom is -0.481 e. The van der Waals surface area contributed by atoms with Crippen LogP contribution in [0, 0.1) is 0 Å². The van der Waals surface area contributed by atoms with E-state index in [-0.39, 0.29) is 34.7 Å². The third-order valence-corrected chi connectivity index (χ3v) is 5.52. The Bertz CT molecular complexity index is 1160. The number of amides is 3. The highest BCUT2D eigenvalue weighted by atomic mass is 35.5. The molecule has 2 heterocycles. The van der Waals surface area contributed by atoms with Gasteiger partial charge in [-0.2, -0.15) is 13.2 Å². The molecule has 13 heteroatoms. The fourth-order valence-electron chi connectivity index (χ4n) is 3.58. The van der Waals surface area contributed by atoms with Gasteiger partial charge in [-0.05, 0) is 42.3 Å². The minimum absolute atomic E-state index is 0.123. The molecule has 0 aliphatic carbocycles. The van der Waals surface area contributed by atoms with E-state index in [1.807, 2.05) is 5.32 Å². The number of nitrogens with zero attached hydrogens (tertiary/aromatic N) is 2. The van der Waals surface area contributed by atoms with Crippen LogP contribution in [0.1, 0.15) is 50.9 Å². The number of aromatic nitrogens is 1. The Morgan fingerprint density at radius 2 is 1.97 bits per heavy atom. The second-order valence-corrected chi connectivity index (χ2v) is 7.88. The number of primary amides is 1. The summed E-state index contributed by atoms with van der Waals surface area (Å²) < 4.78 is 40.9. The van der Waals surface area contributed by atoms with Gasteiger partial charge in [-0.1, -0.05) is 11.6 Å². The highest BCUT2D eigenvalue weighted by Gasteiger charge is 2.44.